The number of rotatable bonds is 5. The normalized spacial score (nSPS) is 11.2. The summed E-state index contributed by atoms with van der Waals surface area (Å²) in [7, 11) is 0. The maximum atomic E-state index is 13.7. The highest BCUT2D eigenvalue weighted by Gasteiger charge is 2.34. The van der Waals surface area contributed by atoms with Crippen LogP contribution in [0.2, 0.25) is 0 Å². The molecule has 3 aromatic rings. The molecular formula is C20H15F4N3O2S. The molecule has 0 atom stereocenters. The van der Waals surface area contributed by atoms with Crippen LogP contribution in [0.4, 0.5) is 28.9 Å². The second-order valence-electron chi connectivity index (χ2n) is 6.27. The van der Waals surface area contributed by atoms with Crippen LogP contribution < -0.4 is 10.6 Å². The van der Waals surface area contributed by atoms with E-state index in [2.05, 4.69) is 15.6 Å². The van der Waals surface area contributed by atoms with E-state index in [4.69, 9.17) is 0 Å². The van der Waals surface area contributed by atoms with Gasteiger partial charge in [0.25, 0.3) is 5.91 Å². The van der Waals surface area contributed by atoms with E-state index in [0.29, 0.717) is 11.8 Å². The van der Waals surface area contributed by atoms with E-state index in [9.17, 15) is 27.2 Å². The fraction of sp³-hybridized carbons (Fsp3) is 0.150. The minimum absolute atomic E-state index is 0.173. The van der Waals surface area contributed by atoms with E-state index in [-0.39, 0.29) is 17.7 Å². The van der Waals surface area contributed by atoms with Gasteiger partial charge in [0, 0.05) is 11.1 Å². The summed E-state index contributed by atoms with van der Waals surface area (Å²) in [5.41, 5.74) is -1.64. The average molecular weight is 437 g/mol. The Morgan fingerprint density at radius 3 is 2.47 bits per heavy atom. The van der Waals surface area contributed by atoms with Crippen molar-refractivity contribution in [3.8, 4) is 0 Å². The number of carbonyl (C=O) groups excluding carboxylic acids is 2. The van der Waals surface area contributed by atoms with Crippen molar-refractivity contribution in [1.82, 2.24) is 4.98 Å². The van der Waals surface area contributed by atoms with Crippen molar-refractivity contribution in [3.05, 3.63) is 75.5 Å². The second-order valence-corrected chi connectivity index (χ2v) is 7.34. The number of anilines is 2. The van der Waals surface area contributed by atoms with Crippen LogP contribution in [0, 0.1) is 12.7 Å². The fourth-order valence-corrected chi connectivity index (χ4v) is 3.27. The predicted molar refractivity (Wildman–Crippen MR) is 105 cm³/mol. The van der Waals surface area contributed by atoms with Gasteiger partial charge in [-0.25, -0.2) is 9.37 Å². The Hall–Kier alpha value is -3.27. The van der Waals surface area contributed by atoms with Crippen LogP contribution in [0.25, 0.3) is 0 Å². The Labute approximate surface area is 172 Å². The molecule has 3 rings (SSSR count). The molecule has 0 fully saturated rings. The lowest BCUT2D eigenvalue weighted by Gasteiger charge is -2.16. The van der Waals surface area contributed by atoms with Crippen LogP contribution in [0.1, 0.15) is 26.6 Å². The molecule has 0 aliphatic rings. The van der Waals surface area contributed by atoms with E-state index in [1.807, 2.05) is 0 Å². The molecule has 2 N–H and O–H groups in total. The number of thiazole rings is 1. The number of nitrogens with one attached hydrogen (secondary N) is 2. The van der Waals surface area contributed by atoms with E-state index in [1.165, 1.54) is 35.6 Å². The highest BCUT2D eigenvalue weighted by Crippen LogP contribution is 2.36. The zero-order valence-electron chi connectivity index (χ0n) is 15.5. The Morgan fingerprint density at radius 2 is 1.83 bits per heavy atom. The number of nitrogens with zero attached hydrogens (tertiary/aromatic N) is 1. The molecule has 0 radical (unpaired) electrons. The minimum atomic E-state index is -4.79. The van der Waals surface area contributed by atoms with Gasteiger partial charge in [0.1, 0.15) is 5.82 Å². The van der Waals surface area contributed by atoms with Gasteiger partial charge in [-0.3, -0.25) is 9.59 Å². The number of benzene rings is 2. The van der Waals surface area contributed by atoms with Gasteiger partial charge >= 0.3 is 6.18 Å². The lowest BCUT2D eigenvalue weighted by molar-refractivity contribution is -0.136. The monoisotopic (exact) mass is 437 g/mol. The van der Waals surface area contributed by atoms with Crippen LogP contribution in [0.15, 0.2) is 47.8 Å². The zero-order valence-corrected chi connectivity index (χ0v) is 16.3. The van der Waals surface area contributed by atoms with Gasteiger partial charge in [0.05, 0.1) is 33.9 Å². The van der Waals surface area contributed by atoms with Crippen LogP contribution in [0.3, 0.4) is 0 Å². The molecule has 0 bridgehead atoms. The Kier molecular flexibility index (Phi) is 6.16. The number of aryl methyl sites for hydroxylation is 1. The summed E-state index contributed by atoms with van der Waals surface area (Å²) in [6, 6.07) is 8.00. The molecule has 0 aliphatic heterocycles. The van der Waals surface area contributed by atoms with E-state index in [0.717, 1.165) is 17.1 Å². The molecule has 5 nitrogen and oxygen atoms in total. The average Bonchev–Trinajstić information content (AvgIpc) is 3.07. The predicted octanol–water partition coefficient (Wildman–Crippen LogP) is 5.04. The quantitative estimate of drug-likeness (QED) is 0.549. The lowest BCUT2D eigenvalue weighted by atomic mass is 10.1. The van der Waals surface area contributed by atoms with Crippen molar-refractivity contribution in [2.75, 3.05) is 10.6 Å². The highest BCUT2D eigenvalue weighted by molar-refractivity contribution is 7.09. The van der Waals surface area contributed by atoms with Gasteiger partial charge < -0.3 is 10.6 Å². The Bertz CT molecular complexity index is 1100. The highest BCUT2D eigenvalue weighted by atomic mass is 32.1. The van der Waals surface area contributed by atoms with Crippen LogP contribution >= 0.6 is 11.3 Å². The molecule has 0 saturated heterocycles. The summed E-state index contributed by atoms with van der Waals surface area (Å²) < 4.78 is 54.2. The summed E-state index contributed by atoms with van der Waals surface area (Å²) in [6.45, 7) is 1.75. The molecule has 2 aromatic carbocycles. The first-order valence-corrected chi connectivity index (χ1v) is 9.49. The molecule has 1 heterocycles. The first-order chi connectivity index (χ1) is 14.1. The SMILES string of the molecule is Cc1nc(CC(=O)Nc2ccc(NC(=O)c3ccccc3F)cc2C(F)(F)F)cs1. The molecule has 30 heavy (non-hydrogen) atoms. The van der Waals surface area contributed by atoms with Gasteiger partial charge in [-0.1, -0.05) is 12.1 Å². The summed E-state index contributed by atoms with van der Waals surface area (Å²) in [4.78, 5) is 28.4. The summed E-state index contributed by atoms with van der Waals surface area (Å²) in [6.07, 6.45) is -4.97. The van der Waals surface area contributed by atoms with Crippen LogP contribution in [-0.4, -0.2) is 16.8 Å². The third-order valence-corrected chi connectivity index (χ3v) is 4.81. The topological polar surface area (TPSA) is 71.1 Å². The van der Waals surface area contributed by atoms with Crippen LogP contribution in [-0.2, 0) is 17.4 Å². The molecule has 0 aliphatic carbocycles. The van der Waals surface area contributed by atoms with Gasteiger partial charge in [-0.15, -0.1) is 11.3 Å². The Balaban J connectivity index is 1.80. The first-order valence-electron chi connectivity index (χ1n) is 8.61. The van der Waals surface area contributed by atoms with Gasteiger partial charge in [0.15, 0.2) is 0 Å². The maximum Gasteiger partial charge on any atom is 0.418 e. The second kappa shape index (κ2) is 8.62. The van der Waals surface area contributed by atoms with Crippen molar-refractivity contribution in [3.63, 3.8) is 0 Å². The van der Waals surface area contributed by atoms with E-state index in [1.54, 1.807) is 12.3 Å². The standard InChI is InChI=1S/C20H15F4N3O2S/c1-11-25-13(10-30-11)9-18(28)27-17-7-6-12(8-15(17)20(22,23)24)26-19(29)14-4-2-3-5-16(14)21/h2-8,10H,9H2,1H3,(H,26,29)(H,27,28). The van der Waals surface area contributed by atoms with Crippen molar-refractivity contribution in [2.24, 2.45) is 0 Å². The lowest BCUT2D eigenvalue weighted by Crippen LogP contribution is -2.19. The number of carbonyl (C=O) groups is 2. The molecule has 0 saturated carbocycles. The number of halogens is 4. The molecule has 0 unspecified atom stereocenters. The minimum Gasteiger partial charge on any atom is -0.325 e. The van der Waals surface area contributed by atoms with E-state index >= 15 is 0 Å². The van der Waals surface area contributed by atoms with Crippen molar-refractivity contribution in [1.29, 1.82) is 0 Å². The van der Waals surface area contributed by atoms with Crippen molar-refractivity contribution < 1.29 is 27.2 Å². The Morgan fingerprint density at radius 1 is 1.10 bits per heavy atom. The van der Waals surface area contributed by atoms with Gasteiger partial charge in [0.2, 0.25) is 5.91 Å². The summed E-state index contributed by atoms with van der Waals surface area (Å²) >= 11 is 1.33. The largest absolute Gasteiger partial charge is 0.418 e. The number of alkyl halides is 3. The zero-order chi connectivity index (χ0) is 21.9. The molecule has 0 spiro atoms. The molecule has 2 amide bonds. The summed E-state index contributed by atoms with van der Waals surface area (Å²) in [5.74, 6) is -2.35. The third kappa shape index (κ3) is 5.20. The molecular weight excluding hydrogens is 422 g/mol. The fourth-order valence-electron chi connectivity index (χ4n) is 2.66. The number of hydrogen-bond donors (Lipinski definition) is 2. The van der Waals surface area contributed by atoms with Crippen molar-refractivity contribution >= 4 is 34.5 Å². The number of hydrogen-bond acceptors (Lipinski definition) is 4. The number of aromatic nitrogens is 1. The smallest absolute Gasteiger partial charge is 0.325 e. The third-order valence-electron chi connectivity index (χ3n) is 3.98. The van der Waals surface area contributed by atoms with Gasteiger partial charge in [-0.2, -0.15) is 13.2 Å². The van der Waals surface area contributed by atoms with Crippen LogP contribution in [0.5, 0.6) is 0 Å². The maximum absolute atomic E-state index is 13.7. The molecule has 156 valence electrons. The van der Waals surface area contributed by atoms with Gasteiger partial charge in [-0.05, 0) is 37.3 Å². The first kappa shape index (κ1) is 21.4. The molecule has 10 heteroatoms. The van der Waals surface area contributed by atoms with Crippen molar-refractivity contribution in [2.45, 2.75) is 19.5 Å². The molecule has 1 aromatic heterocycles. The van der Waals surface area contributed by atoms with E-state index < -0.39 is 35.1 Å². The number of amides is 2. The summed E-state index contributed by atoms with van der Waals surface area (Å²) in [5, 5.41) is 6.86.